The number of amides is 2. The average Bonchev–Trinajstić information content (AvgIpc) is 3.30. The molecule has 0 spiro atoms. The Balaban J connectivity index is 1.90. The molecule has 5 atom stereocenters. The second-order valence-electron chi connectivity index (χ2n) is 12.5. The maximum absolute atomic E-state index is 13.8. The van der Waals surface area contributed by atoms with Crippen LogP contribution in [0.2, 0.25) is 0 Å². The van der Waals surface area contributed by atoms with E-state index in [0.717, 1.165) is 43.0 Å². The first-order chi connectivity index (χ1) is 20.0. The van der Waals surface area contributed by atoms with Gasteiger partial charge in [0.1, 0.15) is 17.5 Å². The molecule has 1 aliphatic heterocycles. The molecule has 0 saturated carbocycles. The van der Waals surface area contributed by atoms with Crippen molar-refractivity contribution in [3.05, 3.63) is 35.5 Å². The normalized spacial score (nSPS) is 19.2. The highest BCUT2D eigenvalue weighted by molar-refractivity contribution is 5.95. The number of rotatable bonds is 14. The number of piperidine rings is 1. The number of hydrogen-bond acceptors (Lipinski definition) is 5. The van der Waals surface area contributed by atoms with Crippen LogP contribution in [0.1, 0.15) is 104 Å². The molecular formula is C34H48N4O4. The van der Waals surface area contributed by atoms with Crippen LogP contribution in [0.25, 0.3) is 10.9 Å². The summed E-state index contributed by atoms with van der Waals surface area (Å²) in [5.41, 5.74) is 1.79. The smallest absolute Gasteiger partial charge is 0.224 e. The SMILES string of the molecule is CCCC[C@@H](CC(=O)[C@@H](Cc1c(C#N)[nH]c2ccccc12)NC(=O)[C@@H](CC(=O)N1[C@H](C)CCC[C@@H]1C)C(C)C)C(C)=O. The molecule has 0 aliphatic carbocycles. The van der Waals surface area contributed by atoms with Crippen molar-refractivity contribution in [2.75, 3.05) is 0 Å². The van der Waals surface area contributed by atoms with Crippen molar-refractivity contribution in [2.45, 2.75) is 117 Å². The monoisotopic (exact) mass is 576 g/mol. The van der Waals surface area contributed by atoms with E-state index in [0.29, 0.717) is 17.7 Å². The lowest BCUT2D eigenvalue weighted by Crippen LogP contribution is -2.50. The summed E-state index contributed by atoms with van der Waals surface area (Å²) in [6.07, 6.45) is 5.57. The first-order valence-corrected chi connectivity index (χ1v) is 15.6. The molecule has 0 unspecified atom stereocenters. The fraction of sp³-hybridized carbons (Fsp3) is 0.618. The predicted molar refractivity (Wildman–Crippen MR) is 165 cm³/mol. The lowest BCUT2D eigenvalue weighted by Gasteiger charge is -2.40. The lowest BCUT2D eigenvalue weighted by molar-refractivity contribution is -0.142. The minimum atomic E-state index is -0.934. The van der Waals surface area contributed by atoms with Gasteiger partial charge in [-0.3, -0.25) is 19.2 Å². The number of benzene rings is 1. The number of H-pyrrole nitrogens is 1. The number of nitrogens with one attached hydrogen (secondary N) is 2. The predicted octanol–water partition coefficient (Wildman–Crippen LogP) is 5.87. The number of Topliss-reactive ketones (excluding diaryl/α,β-unsaturated/α-hetero) is 2. The molecule has 8 heteroatoms. The highest BCUT2D eigenvalue weighted by Crippen LogP contribution is 2.28. The third kappa shape index (κ3) is 8.08. The third-order valence-electron chi connectivity index (χ3n) is 8.99. The molecule has 1 aliphatic rings. The number of aromatic nitrogens is 1. The summed E-state index contributed by atoms with van der Waals surface area (Å²) in [5, 5.41) is 13.7. The zero-order valence-electron chi connectivity index (χ0n) is 26.2. The Hall–Kier alpha value is -3.47. The van der Waals surface area contributed by atoms with Gasteiger partial charge < -0.3 is 15.2 Å². The molecule has 42 heavy (non-hydrogen) atoms. The van der Waals surface area contributed by atoms with Crippen LogP contribution in [0.3, 0.4) is 0 Å². The van der Waals surface area contributed by atoms with E-state index >= 15 is 0 Å². The van der Waals surface area contributed by atoms with E-state index in [9.17, 15) is 24.4 Å². The van der Waals surface area contributed by atoms with Gasteiger partial charge in [-0.05, 0) is 64.0 Å². The zero-order chi connectivity index (χ0) is 31.0. The maximum atomic E-state index is 13.8. The highest BCUT2D eigenvalue weighted by Gasteiger charge is 2.35. The van der Waals surface area contributed by atoms with Crippen molar-refractivity contribution in [1.29, 1.82) is 5.26 Å². The summed E-state index contributed by atoms with van der Waals surface area (Å²) < 4.78 is 0. The van der Waals surface area contributed by atoms with Crippen LogP contribution >= 0.6 is 0 Å². The summed E-state index contributed by atoms with van der Waals surface area (Å²) in [5.74, 6) is -1.82. The Kier molecular flexibility index (Phi) is 11.9. The van der Waals surface area contributed by atoms with Gasteiger partial charge in [-0.25, -0.2) is 0 Å². The van der Waals surface area contributed by atoms with Crippen LogP contribution in [-0.4, -0.2) is 51.4 Å². The second-order valence-corrected chi connectivity index (χ2v) is 12.5. The quantitative estimate of drug-likeness (QED) is 0.291. The van der Waals surface area contributed by atoms with E-state index in [1.165, 1.54) is 6.92 Å². The number of nitrogens with zero attached hydrogens (tertiary/aromatic N) is 2. The van der Waals surface area contributed by atoms with Crippen LogP contribution in [0.5, 0.6) is 0 Å². The average molecular weight is 577 g/mol. The lowest BCUT2D eigenvalue weighted by atomic mass is 9.87. The molecule has 0 bridgehead atoms. The summed E-state index contributed by atoms with van der Waals surface area (Å²) in [6, 6.07) is 9.02. The molecule has 1 aromatic heterocycles. The molecule has 2 amide bonds. The van der Waals surface area contributed by atoms with Gasteiger partial charge >= 0.3 is 0 Å². The number of carbonyl (C=O) groups excluding carboxylic acids is 4. The summed E-state index contributed by atoms with van der Waals surface area (Å²) >= 11 is 0. The van der Waals surface area contributed by atoms with Gasteiger partial charge in [-0.1, -0.05) is 51.8 Å². The third-order valence-corrected chi connectivity index (χ3v) is 8.99. The first-order valence-electron chi connectivity index (χ1n) is 15.6. The van der Waals surface area contributed by atoms with Gasteiger partial charge in [-0.15, -0.1) is 0 Å². The summed E-state index contributed by atoms with van der Waals surface area (Å²) in [4.78, 5) is 58.6. The van der Waals surface area contributed by atoms with E-state index in [2.05, 4.69) is 30.2 Å². The molecule has 1 fully saturated rings. The van der Waals surface area contributed by atoms with Crippen LogP contribution in [0.4, 0.5) is 0 Å². The Morgan fingerprint density at radius 3 is 2.36 bits per heavy atom. The summed E-state index contributed by atoms with van der Waals surface area (Å²) in [7, 11) is 0. The molecule has 1 aromatic carbocycles. The fourth-order valence-corrected chi connectivity index (χ4v) is 6.36. The molecule has 2 N–H and O–H groups in total. The van der Waals surface area contributed by atoms with Crippen molar-refractivity contribution in [2.24, 2.45) is 17.8 Å². The maximum Gasteiger partial charge on any atom is 0.224 e. The Morgan fingerprint density at radius 2 is 1.76 bits per heavy atom. The van der Waals surface area contributed by atoms with Crippen molar-refractivity contribution >= 4 is 34.3 Å². The van der Waals surface area contributed by atoms with Crippen molar-refractivity contribution in [3.63, 3.8) is 0 Å². The molecule has 8 nitrogen and oxygen atoms in total. The van der Waals surface area contributed by atoms with E-state index in [1.54, 1.807) is 0 Å². The minimum absolute atomic E-state index is 0.0264. The molecule has 2 aromatic rings. The van der Waals surface area contributed by atoms with E-state index in [-0.39, 0.29) is 60.6 Å². The number of nitriles is 1. The van der Waals surface area contributed by atoms with Crippen LogP contribution in [0.15, 0.2) is 24.3 Å². The molecule has 1 saturated heterocycles. The van der Waals surface area contributed by atoms with Crippen molar-refractivity contribution in [3.8, 4) is 6.07 Å². The van der Waals surface area contributed by atoms with Crippen molar-refractivity contribution in [1.82, 2.24) is 15.2 Å². The number of unbranched alkanes of at least 4 members (excludes halogenated alkanes) is 1. The van der Waals surface area contributed by atoms with Gasteiger partial charge in [-0.2, -0.15) is 5.26 Å². The number of likely N-dealkylation sites (tertiary alicyclic amines) is 1. The van der Waals surface area contributed by atoms with E-state index < -0.39 is 17.9 Å². The number of aromatic amines is 1. The van der Waals surface area contributed by atoms with Gasteiger partial charge in [0.15, 0.2) is 5.78 Å². The topological polar surface area (TPSA) is 123 Å². The fourth-order valence-electron chi connectivity index (χ4n) is 6.36. The highest BCUT2D eigenvalue weighted by atomic mass is 16.2. The molecule has 228 valence electrons. The second kappa shape index (κ2) is 15.1. The van der Waals surface area contributed by atoms with Crippen LogP contribution in [0, 0.1) is 29.1 Å². The van der Waals surface area contributed by atoms with Gasteiger partial charge in [0, 0.05) is 54.1 Å². The Morgan fingerprint density at radius 1 is 1.10 bits per heavy atom. The van der Waals surface area contributed by atoms with Crippen molar-refractivity contribution < 1.29 is 19.2 Å². The van der Waals surface area contributed by atoms with Crippen LogP contribution < -0.4 is 5.32 Å². The van der Waals surface area contributed by atoms with E-state index in [4.69, 9.17) is 0 Å². The molecular weight excluding hydrogens is 528 g/mol. The zero-order valence-corrected chi connectivity index (χ0v) is 26.2. The Labute approximate surface area is 250 Å². The number of fused-ring (bicyclic) bond motifs is 1. The minimum Gasteiger partial charge on any atom is -0.346 e. The number of carbonyl (C=O) groups is 4. The number of hydrogen-bond donors (Lipinski definition) is 2. The van der Waals surface area contributed by atoms with Gasteiger partial charge in [0.05, 0.1) is 6.04 Å². The van der Waals surface area contributed by atoms with E-state index in [1.807, 2.05) is 49.9 Å². The van der Waals surface area contributed by atoms with Crippen LogP contribution in [-0.2, 0) is 25.6 Å². The Bertz CT molecular complexity index is 1300. The number of para-hydroxylation sites is 1. The molecule has 2 heterocycles. The van der Waals surface area contributed by atoms with Gasteiger partial charge in [0.2, 0.25) is 11.8 Å². The summed E-state index contributed by atoms with van der Waals surface area (Å²) in [6.45, 7) is 11.5. The largest absolute Gasteiger partial charge is 0.346 e. The molecule has 3 rings (SSSR count). The number of ketones is 2. The standard InChI is InChI=1S/C34H48N4O4/c1-7-8-14-25(24(6)39)17-32(40)30(18-28-26-15-9-10-16-29(26)36-31(28)20-35)37-34(42)27(21(2)3)19-33(41)38-22(4)12-11-13-23(38)5/h9-10,15-16,21-23,25,27,30,36H,7-8,11-14,17-19H2,1-6H3,(H,37,42)/t22-,23+,25-,27-,30+/m0/s1. The first kappa shape index (κ1) is 33.0. The van der Waals surface area contributed by atoms with Gasteiger partial charge in [0.25, 0.3) is 0 Å². The molecule has 0 radical (unpaired) electrons.